The number of fused-ring (bicyclic) bond motifs is 3. The fourth-order valence-corrected chi connectivity index (χ4v) is 5.61. The van der Waals surface area contributed by atoms with Crippen LogP contribution in [0.4, 0.5) is 0 Å². The number of morpholine rings is 1. The Morgan fingerprint density at radius 1 is 1.23 bits per heavy atom. The lowest BCUT2D eigenvalue weighted by Gasteiger charge is -2.31. The molecule has 3 aromatic rings. The van der Waals surface area contributed by atoms with E-state index < -0.39 is 11.4 Å². The zero-order chi connectivity index (χ0) is 24.4. The molecule has 9 heteroatoms. The normalized spacial score (nSPS) is 17.5. The summed E-state index contributed by atoms with van der Waals surface area (Å²) in [5, 5.41) is 11.5. The molecule has 1 aromatic carbocycles. The van der Waals surface area contributed by atoms with Crippen molar-refractivity contribution in [1.82, 2.24) is 9.47 Å². The van der Waals surface area contributed by atoms with Gasteiger partial charge in [0.1, 0.15) is 5.56 Å². The number of ether oxygens (including phenoxy) is 3. The van der Waals surface area contributed by atoms with Gasteiger partial charge in [0.2, 0.25) is 0 Å². The molecule has 1 unspecified atom stereocenters. The minimum atomic E-state index is -1.22. The van der Waals surface area contributed by atoms with Crippen molar-refractivity contribution in [1.29, 1.82) is 0 Å². The molecule has 35 heavy (non-hydrogen) atoms. The average molecular weight is 497 g/mol. The zero-order valence-corrected chi connectivity index (χ0v) is 20.4. The highest BCUT2D eigenvalue weighted by Crippen LogP contribution is 2.43. The number of aromatic nitrogens is 1. The van der Waals surface area contributed by atoms with E-state index >= 15 is 0 Å². The van der Waals surface area contributed by atoms with Gasteiger partial charge in [-0.1, -0.05) is 6.07 Å². The summed E-state index contributed by atoms with van der Waals surface area (Å²) in [6.07, 6.45) is 3.02. The Kier molecular flexibility index (Phi) is 6.90. The summed E-state index contributed by atoms with van der Waals surface area (Å²) >= 11 is 1.61. The molecule has 1 fully saturated rings. The van der Waals surface area contributed by atoms with E-state index in [0.29, 0.717) is 30.2 Å². The lowest BCUT2D eigenvalue weighted by atomic mass is 9.91. The van der Waals surface area contributed by atoms with Crippen LogP contribution in [0.15, 0.2) is 46.7 Å². The third-order valence-electron chi connectivity index (χ3n) is 6.58. The average Bonchev–Trinajstić information content (AvgIpc) is 3.40. The molecule has 0 aliphatic carbocycles. The number of aromatic carboxylic acids is 1. The second-order valence-corrected chi connectivity index (χ2v) is 9.68. The van der Waals surface area contributed by atoms with E-state index in [1.165, 1.54) is 12.3 Å². The van der Waals surface area contributed by atoms with Gasteiger partial charge in [-0.25, -0.2) is 4.79 Å². The van der Waals surface area contributed by atoms with E-state index in [4.69, 9.17) is 14.2 Å². The van der Waals surface area contributed by atoms with E-state index in [-0.39, 0.29) is 11.6 Å². The molecular weight excluding hydrogens is 468 g/mol. The summed E-state index contributed by atoms with van der Waals surface area (Å²) in [4.78, 5) is 27.7. The fourth-order valence-electron chi connectivity index (χ4n) is 4.79. The lowest BCUT2D eigenvalue weighted by Crippen LogP contribution is -2.37. The maximum atomic E-state index is 12.6. The lowest BCUT2D eigenvalue weighted by molar-refractivity contribution is 0.0357. The molecular formula is C26H28N2O6S. The molecule has 0 bridgehead atoms. The van der Waals surface area contributed by atoms with Gasteiger partial charge >= 0.3 is 5.97 Å². The van der Waals surface area contributed by atoms with Crippen molar-refractivity contribution in [2.24, 2.45) is 0 Å². The highest BCUT2D eigenvalue weighted by molar-refractivity contribution is 7.10. The highest BCUT2D eigenvalue weighted by Gasteiger charge is 2.29. The second-order valence-electron chi connectivity index (χ2n) is 8.70. The summed E-state index contributed by atoms with van der Waals surface area (Å²) in [6.45, 7) is 4.99. The molecule has 5 rings (SSSR count). The van der Waals surface area contributed by atoms with E-state index in [1.54, 1.807) is 18.4 Å². The minimum absolute atomic E-state index is 0.112. The molecule has 1 saturated heterocycles. The molecule has 0 spiro atoms. The molecule has 2 aromatic heterocycles. The third-order valence-corrected chi connectivity index (χ3v) is 7.55. The Bertz CT molecular complexity index is 1260. The quantitative estimate of drug-likeness (QED) is 0.477. The highest BCUT2D eigenvalue weighted by atomic mass is 32.1. The number of rotatable bonds is 8. The first-order valence-corrected chi connectivity index (χ1v) is 12.6. The van der Waals surface area contributed by atoms with Gasteiger partial charge in [0.05, 0.1) is 38.7 Å². The Morgan fingerprint density at radius 2 is 2.06 bits per heavy atom. The maximum absolute atomic E-state index is 12.6. The van der Waals surface area contributed by atoms with E-state index in [0.717, 1.165) is 55.3 Å². The van der Waals surface area contributed by atoms with E-state index in [9.17, 15) is 14.7 Å². The molecule has 8 nitrogen and oxygen atoms in total. The van der Waals surface area contributed by atoms with Crippen molar-refractivity contribution in [3.8, 4) is 22.8 Å². The summed E-state index contributed by atoms with van der Waals surface area (Å²) in [6, 6.07) is 9.22. The molecule has 2 aliphatic rings. The number of hydrogen-bond acceptors (Lipinski definition) is 7. The molecule has 2 aliphatic heterocycles. The first-order valence-electron chi connectivity index (χ1n) is 11.7. The Hall–Kier alpha value is -3.14. The molecule has 1 N–H and O–H groups in total. The Morgan fingerprint density at radius 3 is 2.77 bits per heavy atom. The smallest absolute Gasteiger partial charge is 0.341 e. The van der Waals surface area contributed by atoms with Crippen LogP contribution in [0.25, 0.3) is 11.3 Å². The predicted molar refractivity (Wildman–Crippen MR) is 133 cm³/mol. The van der Waals surface area contributed by atoms with Crippen LogP contribution < -0.4 is 14.9 Å². The van der Waals surface area contributed by atoms with Gasteiger partial charge < -0.3 is 23.9 Å². The number of thiophene rings is 1. The topological polar surface area (TPSA) is 90.2 Å². The second kappa shape index (κ2) is 10.2. The van der Waals surface area contributed by atoms with Crippen LogP contribution >= 0.6 is 11.3 Å². The summed E-state index contributed by atoms with van der Waals surface area (Å²) < 4.78 is 19.1. The van der Waals surface area contributed by atoms with Crippen LogP contribution in [-0.2, 0) is 11.2 Å². The van der Waals surface area contributed by atoms with Crippen LogP contribution in [0.5, 0.6) is 11.5 Å². The molecule has 4 heterocycles. The minimum Gasteiger partial charge on any atom is -0.493 e. The number of pyridine rings is 1. The van der Waals surface area contributed by atoms with Gasteiger partial charge in [-0.3, -0.25) is 9.69 Å². The van der Waals surface area contributed by atoms with Gasteiger partial charge in [0.15, 0.2) is 16.9 Å². The van der Waals surface area contributed by atoms with Crippen molar-refractivity contribution < 1.29 is 24.1 Å². The maximum Gasteiger partial charge on any atom is 0.341 e. The first-order chi connectivity index (χ1) is 17.0. The van der Waals surface area contributed by atoms with Crippen molar-refractivity contribution in [2.75, 3.05) is 46.6 Å². The molecule has 0 amide bonds. The molecule has 1 atom stereocenters. The van der Waals surface area contributed by atoms with Crippen LogP contribution in [0.1, 0.15) is 33.3 Å². The molecule has 0 radical (unpaired) electrons. The van der Waals surface area contributed by atoms with Gasteiger partial charge in [-0.15, -0.1) is 11.3 Å². The Labute approximate surface area is 207 Å². The third kappa shape index (κ3) is 4.84. The van der Waals surface area contributed by atoms with Crippen LogP contribution in [0.2, 0.25) is 0 Å². The van der Waals surface area contributed by atoms with Crippen molar-refractivity contribution in [3.05, 3.63) is 68.1 Å². The van der Waals surface area contributed by atoms with Crippen LogP contribution in [-0.4, -0.2) is 67.1 Å². The van der Waals surface area contributed by atoms with E-state index in [1.807, 2.05) is 34.2 Å². The standard InChI is InChI=1S/C26H28N2O6S/c1-32-23-14-18-17(13-24(23)34-8-3-5-27-6-9-33-10-7-27)12-21(25-4-2-11-35-25)28-16-19(26(30)31)22(29)15-20(18)28/h2,4,11,13-16,21H,3,5-10,12H2,1H3,(H,30,31). The van der Waals surface area contributed by atoms with Gasteiger partial charge in [-0.2, -0.15) is 0 Å². The number of carbonyl (C=O) groups is 1. The number of carboxylic acids is 1. The monoisotopic (exact) mass is 496 g/mol. The molecule has 184 valence electrons. The van der Waals surface area contributed by atoms with Gasteiger partial charge in [0, 0.05) is 42.3 Å². The largest absolute Gasteiger partial charge is 0.493 e. The number of benzene rings is 1. The summed E-state index contributed by atoms with van der Waals surface area (Å²) in [5.74, 6) is 0.0431. The van der Waals surface area contributed by atoms with Gasteiger partial charge in [-0.05, 0) is 42.0 Å². The van der Waals surface area contributed by atoms with Crippen molar-refractivity contribution in [3.63, 3.8) is 0 Å². The summed E-state index contributed by atoms with van der Waals surface area (Å²) in [5.41, 5.74) is 1.82. The van der Waals surface area contributed by atoms with Crippen LogP contribution in [0.3, 0.4) is 0 Å². The Balaban J connectivity index is 1.46. The van der Waals surface area contributed by atoms with Crippen LogP contribution in [0, 0.1) is 0 Å². The first kappa shape index (κ1) is 23.6. The summed E-state index contributed by atoms with van der Waals surface area (Å²) in [7, 11) is 1.60. The van der Waals surface area contributed by atoms with Crippen molar-refractivity contribution >= 4 is 17.3 Å². The molecule has 0 saturated carbocycles. The van der Waals surface area contributed by atoms with Gasteiger partial charge in [0.25, 0.3) is 0 Å². The number of methoxy groups -OCH3 is 1. The predicted octanol–water partition coefficient (Wildman–Crippen LogP) is 3.53. The SMILES string of the molecule is COc1cc2c(cc1OCCCN1CCOCC1)CC(c1cccs1)n1cc(C(=O)O)c(=O)cc1-2. The number of nitrogens with zero attached hydrogens (tertiary/aromatic N) is 2. The number of carboxylic acid groups (broad SMARTS) is 1. The zero-order valence-electron chi connectivity index (χ0n) is 19.6. The van der Waals surface area contributed by atoms with E-state index in [2.05, 4.69) is 4.90 Å². The fraction of sp³-hybridized carbons (Fsp3) is 0.385. The van der Waals surface area contributed by atoms with Crippen molar-refractivity contribution in [2.45, 2.75) is 18.9 Å². The number of hydrogen-bond donors (Lipinski definition) is 1.